The van der Waals surface area contributed by atoms with Gasteiger partial charge in [0.15, 0.2) is 0 Å². The zero-order valence-corrected chi connectivity index (χ0v) is 13.2. The number of nitrogens with zero attached hydrogens (tertiary/aromatic N) is 3. The minimum absolute atomic E-state index is 0.308. The minimum Gasteiger partial charge on any atom is -0.260 e. The zero-order valence-electron chi connectivity index (χ0n) is 12.4. The van der Waals surface area contributed by atoms with E-state index in [1.165, 1.54) is 4.31 Å². The summed E-state index contributed by atoms with van der Waals surface area (Å²) in [6.45, 7) is 5.74. The first-order valence-electron chi connectivity index (χ1n) is 7.01. The molecule has 2 atom stereocenters. The topological polar surface area (TPSA) is 53.5 Å². The number of rotatable bonds is 4. The van der Waals surface area contributed by atoms with Crippen LogP contribution in [0.1, 0.15) is 26.0 Å². The summed E-state index contributed by atoms with van der Waals surface area (Å²) in [4.78, 5) is 4.18. The third kappa shape index (κ3) is 3.56. The Balaban J connectivity index is 2.09. The molecule has 2 rings (SSSR count). The van der Waals surface area contributed by atoms with Crippen LogP contribution in [0.4, 0.5) is 0 Å². The molecule has 0 saturated carbocycles. The van der Waals surface area contributed by atoms with Crippen LogP contribution in [-0.2, 0) is 16.8 Å². The number of aromatic nitrogens is 1. The van der Waals surface area contributed by atoms with E-state index in [4.69, 9.17) is 0 Å². The Hall–Kier alpha value is -0.980. The molecule has 1 aromatic rings. The van der Waals surface area contributed by atoms with E-state index in [2.05, 4.69) is 18.8 Å². The first kappa shape index (κ1) is 15.4. The van der Waals surface area contributed by atoms with E-state index >= 15 is 0 Å². The molecule has 0 unspecified atom stereocenters. The van der Waals surface area contributed by atoms with E-state index in [1.807, 2.05) is 18.2 Å². The average Bonchev–Trinajstić information content (AvgIpc) is 2.38. The van der Waals surface area contributed by atoms with Crippen molar-refractivity contribution < 1.29 is 8.42 Å². The van der Waals surface area contributed by atoms with Crippen LogP contribution in [0.3, 0.4) is 0 Å². The molecule has 1 saturated heterocycles. The van der Waals surface area contributed by atoms with Gasteiger partial charge in [0.05, 0.1) is 12.2 Å². The lowest BCUT2D eigenvalue weighted by Crippen LogP contribution is -2.48. The van der Waals surface area contributed by atoms with Crippen molar-refractivity contribution in [2.75, 3.05) is 20.1 Å². The normalized spacial score (nSPS) is 25.0. The summed E-state index contributed by atoms with van der Waals surface area (Å²) >= 11 is 0. The molecule has 1 aliphatic heterocycles. The van der Waals surface area contributed by atoms with Gasteiger partial charge in [-0.3, -0.25) is 4.98 Å². The molecule has 0 N–H and O–H groups in total. The van der Waals surface area contributed by atoms with E-state index in [0.717, 1.165) is 12.1 Å². The van der Waals surface area contributed by atoms with Crippen LogP contribution in [0.25, 0.3) is 0 Å². The van der Waals surface area contributed by atoms with Gasteiger partial charge in [-0.05, 0) is 30.4 Å². The molecular formula is C14H23N3O2S. The summed E-state index contributed by atoms with van der Waals surface area (Å²) in [7, 11) is -1.78. The summed E-state index contributed by atoms with van der Waals surface area (Å²) < 4.78 is 28.2. The van der Waals surface area contributed by atoms with Crippen LogP contribution in [0.5, 0.6) is 0 Å². The van der Waals surface area contributed by atoms with Crippen molar-refractivity contribution in [1.29, 1.82) is 0 Å². The molecule has 0 aromatic carbocycles. The van der Waals surface area contributed by atoms with E-state index in [9.17, 15) is 8.42 Å². The Bertz CT molecular complexity index is 523. The van der Waals surface area contributed by atoms with E-state index in [1.54, 1.807) is 17.5 Å². The third-order valence-corrected chi connectivity index (χ3v) is 5.53. The van der Waals surface area contributed by atoms with Crippen LogP contribution in [0.15, 0.2) is 24.4 Å². The number of hydrogen-bond donors (Lipinski definition) is 0. The fraction of sp³-hybridized carbons (Fsp3) is 0.643. The van der Waals surface area contributed by atoms with Crippen molar-refractivity contribution >= 4 is 10.2 Å². The minimum atomic E-state index is -3.40. The summed E-state index contributed by atoms with van der Waals surface area (Å²) in [5.74, 6) is 0.827. The number of pyridine rings is 1. The molecule has 1 aliphatic rings. The average molecular weight is 297 g/mol. The van der Waals surface area contributed by atoms with Gasteiger partial charge >= 0.3 is 0 Å². The second-order valence-corrected chi connectivity index (χ2v) is 7.88. The number of hydrogen-bond acceptors (Lipinski definition) is 3. The fourth-order valence-corrected chi connectivity index (χ4v) is 4.37. The monoisotopic (exact) mass is 297 g/mol. The highest BCUT2D eigenvalue weighted by molar-refractivity contribution is 7.86. The summed E-state index contributed by atoms with van der Waals surface area (Å²) in [6.07, 6.45) is 2.77. The van der Waals surface area contributed by atoms with Crippen LogP contribution in [-0.4, -0.2) is 42.1 Å². The second-order valence-electron chi connectivity index (χ2n) is 5.85. The quantitative estimate of drug-likeness (QED) is 0.850. The fourth-order valence-electron chi connectivity index (χ4n) is 2.79. The summed E-state index contributed by atoms with van der Waals surface area (Å²) in [5, 5.41) is 0. The Morgan fingerprint density at radius 2 is 1.95 bits per heavy atom. The van der Waals surface area contributed by atoms with Gasteiger partial charge in [0.25, 0.3) is 10.2 Å². The first-order valence-corrected chi connectivity index (χ1v) is 8.40. The van der Waals surface area contributed by atoms with Crippen LogP contribution in [0.2, 0.25) is 0 Å². The molecule has 0 amide bonds. The molecule has 112 valence electrons. The van der Waals surface area contributed by atoms with Gasteiger partial charge in [0, 0.05) is 26.3 Å². The predicted molar refractivity (Wildman–Crippen MR) is 79.1 cm³/mol. The zero-order chi connectivity index (χ0) is 14.8. The van der Waals surface area contributed by atoms with Gasteiger partial charge in [-0.15, -0.1) is 0 Å². The molecule has 0 spiro atoms. The van der Waals surface area contributed by atoms with Crippen molar-refractivity contribution in [3.05, 3.63) is 30.1 Å². The smallest absolute Gasteiger partial charge is 0.260 e. The van der Waals surface area contributed by atoms with Gasteiger partial charge in [-0.25, -0.2) is 0 Å². The SMILES string of the molecule is C[C@H]1C[C@H](C)CN(S(=O)(=O)N(C)Cc2ccccn2)C1. The summed E-state index contributed by atoms with van der Waals surface area (Å²) in [5.41, 5.74) is 0.761. The Kier molecular flexibility index (Phi) is 4.78. The molecular weight excluding hydrogens is 274 g/mol. The predicted octanol–water partition coefficient (Wildman–Crippen LogP) is 1.74. The Morgan fingerprint density at radius 3 is 2.50 bits per heavy atom. The van der Waals surface area contributed by atoms with Gasteiger partial charge in [-0.1, -0.05) is 19.9 Å². The molecule has 2 heterocycles. The molecule has 1 fully saturated rings. The maximum atomic E-state index is 12.6. The lowest BCUT2D eigenvalue weighted by Gasteiger charge is -2.36. The highest BCUT2D eigenvalue weighted by Crippen LogP contribution is 2.24. The molecule has 20 heavy (non-hydrogen) atoms. The molecule has 5 nitrogen and oxygen atoms in total. The second kappa shape index (κ2) is 6.20. The maximum Gasteiger partial charge on any atom is 0.282 e. The van der Waals surface area contributed by atoms with E-state index in [-0.39, 0.29) is 0 Å². The van der Waals surface area contributed by atoms with Crippen LogP contribution in [0, 0.1) is 11.8 Å². The van der Waals surface area contributed by atoms with Crippen molar-refractivity contribution in [3.8, 4) is 0 Å². The van der Waals surface area contributed by atoms with Crippen molar-refractivity contribution in [1.82, 2.24) is 13.6 Å². The van der Waals surface area contributed by atoms with Crippen LogP contribution < -0.4 is 0 Å². The first-order chi connectivity index (χ1) is 9.39. The number of piperidine rings is 1. The largest absolute Gasteiger partial charge is 0.282 e. The molecule has 0 aliphatic carbocycles. The molecule has 1 aromatic heterocycles. The van der Waals surface area contributed by atoms with Crippen LogP contribution >= 0.6 is 0 Å². The Morgan fingerprint density at radius 1 is 1.30 bits per heavy atom. The van der Waals surface area contributed by atoms with Crippen molar-refractivity contribution in [2.45, 2.75) is 26.8 Å². The highest BCUT2D eigenvalue weighted by atomic mass is 32.2. The van der Waals surface area contributed by atoms with E-state index in [0.29, 0.717) is 31.5 Å². The molecule has 0 bridgehead atoms. The van der Waals surface area contributed by atoms with Gasteiger partial charge in [0.2, 0.25) is 0 Å². The Labute approximate surface area is 121 Å². The lowest BCUT2D eigenvalue weighted by molar-refractivity contribution is 0.211. The van der Waals surface area contributed by atoms with Gasteiger partial charge < -0.3 is 0 Å². The van der Waals surface area contributed by atoms with Gasteiger partial charge in [-0.2, -0.15) is 17.0 Å². The van der Waals surface area contributed by atoms with E-state index < -0.39 is 10.2 Å². The van der Waals surface area contributed by atoms with Gasteiger partial charge in [0.1, 0.15) is 0 Å². The van der Waals surface area contributed by atoms with Crippen molar-refractivity contribution in [2.24, 2.45) is 11.8 Å². The third-order valence-electron chi connectivity index (χ3n) is 3.67. The standard InChI is InChI=1S/C14H23N3O2S/c1-12-8-13(2)10-17(9-12)20(18,19)16(3)11-14-6-4-5-7-15-14/h4-7,12-13H,8-11H2,1-3H3/t12-,13-/m0/s1. The van der Waals surface area contributed by atoms with Crippen molar-refractivity contribution in [3.63, 3.8) is 0 Å². The maximum absolute atomic E-state index is 12.6. The lowest BCUT2D eigenvalue weighted by atomic mass is 9.94. The molecule has 0 radical (unpaired) electrons. The highest BCUT2D eigenvalue weighted by Gasteiger charge is 2.33. The molecule has 6 heteroatoms. The summed E-state index contributed by atoms with van der Waals surface area (Å²) in [6, 6.07) is 5.54.